The van der Waals surface area contributed by atoms with E-state index < -0.39 is 10.0 Å². The molecule has 104 valence electrons. The molecule has 0 fully saturated rings. The van der Waals surface area contributed by atoms with Crippen molar-refractivity contribution in [2.24, 2.45) is 7.05 Å². The summed E-state index contributed by atoms with van der Waals surface area (Å²) in [5.74, 6) is 0. The van der Waals surface area contributed by atoms with E-state index in [0.29, 0.717) is 11.3 Å². The fourth-order valence-electron chi connectivity index (χ4n) is 1.97. The molecular weight excluding hydrogens is 280 g/mol. The Hall–Kier alpha value is -2.42. The molecule has 0 atom stereocenters. The minimum Gasteiger partial charge on any atom is -0.277 e. The average molecular weight is 292 g/mol. The lowest BCUT2D eigenvalue weighted by molar-refractivity contribution is 0.597. The van der Waals surface area contributed by atoms with Gasteiger partial charge in [0, 0.05) is 12.4 Å². The van der Waals surface area contributed by atoms with Crippen molar-refractivity contribution in [3.8, 4) is 0 Å². The third kappa shape index (κ3) is 2.01. The summed E-state index contributed by atoms with van der Waals surface area (Å²) < 4.78 is 28.2. The summed E-state index contributed by atoms with van der Waals surface area (Å²) in [6.45, 7) is 1.84. The lowest BCUT2D eigenvalue weighted by Crippen LogP contribution is -2.13. The SMILES string of the molecule is Cc1nn(C)c2ncc(NS(=O)(=O)c3ccn[nH]3)cc12. The molecule has 0 bridgehead atoms. The zero-order valence-corrected chi connectivity index (χ0v) is 11.6. The van der Waals surface area contributed by atoms with Crippen LogP contribution in [0.4, 0.5) is 5.69 Å². The van der Waals surface area contributed by atoms with Crippen LogP contribution >= 0.6 is 0 Å². The van der Waals surface area contributed by atoms with Crippen LogP contribution in [0.3, 0.4) is 0 Å². The van der Waals surface area contributed by atoms with E-state index >= 15 is 0 Å². The van der Waals surface area contributed by atoms with Gasteiger partial charge in [-0.15, -0.1) is 0 Å². The molecule has 0 radical (unpaired) electrons. The number of rotatable bonds is 3. The van der Waals surface area contributed by atoms with Crippen LogP contribution in [0.5, 0.6) is 0 Å². The predicted octanol–water partition coefficient (Wildman–Crippen LogP) is 0.801. The van der Waals surface area contributed by atoms with E-state index in [9.17, 15) is 8.42 Å². The fourth-order valence-corrected chi connectivity index (χ4v) is 2.91. The quantitative estimate of drug-likeness (QED) is 0.742. The van der Waals surface area contributed by atoms with Crippen LogP contribution in [0.1, 0.15) is 5.69 Å². The molecule has 0 aromatic carbocycles. The number of anilines is 1. The first-order valence-electron chi connectivity index (χ1n) is 5.79. The number of aromatic amines is 1. The minimum atomic E-state index is -3.68. The van der Waals surface area contributed by atoms with E-state index in [2.05, 4.69) is 25.0 Å². The minimum absolute atomic E-state index is 0.000468. The zero-order valence-electron chi connectivity index (χ0n) is 10.8. The van der Waals surface area contributed by atoms with Crippen molar-refractivity contribution >= 4 is 26.7 Å². The Morgan fingerprint density at radius 1 is 1.40 bits per heavy atom. The Kier molecular flexibility index (Phi) is 2.71. The molecule has 0 aliphatic carbocycles. The molecule has 20 heavy (non-hydrogen) atoms. The number of fused-ring (bicyclic) bond motifs is 1. The molecule has 0 unspecified atom stereocenters. The normalized spacial score (nSPS) is 11.9. The Bertz CT molecular complexity index is 866. The van der Waals surface area contributed by atoms with Gasteiger partial charge in [0.25, 0.3) is 10.0 Å². The first kappa shape index (κ1) is 12.6. The number of aryl methyl sites for hydroxylation is 2. The third-order valence-corrected chi connectivity index (χ3v) is 4.19. The van der Waals surface area contributed by atoms with Crippen LogP contribution in [0.2, 0.25) is 0 Å². The van der Waals surface area contributed by atoms with Crippen LogP contribution in [0.15, 0.2) is 29.6 Å². The van der Waals surface area contributed by atoms with Gasteiger partial charge in [-0.3, -0.25) is 14.5 Å². The average Bonchev–Trinajstić information content (AvgIpc) is 2.99. The van der Waals surface area contributed by atoms with Gasteiger partial charge in [-0.05, 0) is 19.1 Å². The van der Waals surface area contributed by atoms with E-state index in [-0.39, 0.29) is 5.03 Å². The van der Waals surface area contributed by atoms with Crippen LogP contribution in [-0.2, 0) is 17.1 Å². The number of H-pyrrole nitrogens is 1. The molecule has 0 amide bonds. The third-order valence-electron chi connectivity index (χ3n) is 2.88. The fraction of sp³-hybridized carbons (Fsp3) is 0.182. The summed E-state index contributed by atoms with van der Waals surface area (Å²) in [7, 11) is -1.89. The zero-order chi connectivity index (χ0) is 14.3. The van der Waals surface area contributed by atoms with Gasteiger partial charge < -0.3 is 0 Å². The monoisotopic (exact) mass is 292 g/mol. The Morgan fingerprint density at radius 3 is 2.90 bits per heavy atom. The summed E-state index contributed by atoms with van der Waals surface area (Å²) in [6.07, 6.45) is 2.83. The highest BCUT2D eigenvalue weighted by Gasteiger charge is 2.16. The molecule has 3 aromatic heterocycles. The van der Waals surface area contributed by atoms with Crippen LogP contribution in [-0.4, -0.2) is 33.4 Å². The number of sulfonamides is 1. The van der Waals surface area contributed by atoms with E-state index in [4.69, 9.17) is 0 Å². The van der Waals surface area contributed by atoms with E-state index in [1.165, 1.54) is 18.5 Å². The molecule has 0 spiro atoms. The summed E-state index contributed by atoms with van der Waals surface area (Å²) >= 11 is 0. The molecule has 3 heterocycles. The lowest BCUT2D eigenvalue weighted by Gasteiger charge is -2.05. The van der Waals surface area contributed by atoms with Gasteiger partial charge in [-0.1, -0.05) is 0 Å². The van der Waals surface area contributed by atoms with Crippen molar-refractivity contribution in [1.29, 1.82) is 0 Å². The van der Waals surface area contributed by atoms with Crippen LogP contribution in [0, 0.1) is 6.92 Å². The highest BCUT2D eigenvalue weighted by molar-refractivity contribution is 7.92. The molecule has 0 saturated heterocycles. The number of aromatic nitrogens is 5. The van der Waals surface area contributed by atoms with Crippen molar-refractivity contribution in [3.63, 3.8) is 0 Å². The smallest absolute Gasteiger partial charge is 0.277 e. The van der Waals surface area contributed by atoms with Crippen molar-refractivity contribution < 1.29 is 8.42 Å². The summed E-state index contributed by atoms with van der Waals surface area (Å²) in [4.78, 5) is 4.21. The first-order valence-corrected chi connectivity index (χ1v) is 7.27. The number of hydrogen-bond acceptors (Lipinski definition) is 5. The van der Waals surface area contributed by atoms with Gasteiger partial charge in [-0.2, -0.15) is 18.6 Å². The standard InChI is InChI=1S/C11H12N6O2S/c1-7-9-5-8(6-12-11(9)17(2)15-7)16-20(18,19)10-3-4-13-14-10/h3-6,16H,1-2H3,(H,13,14). The number of pyridine rings is 1. The molecule has 0 aliphatic heterocycles. The molecule has 8 nitrogen and oxygen atoms in total. The highest BCUT2D eigenvalue weighted by atomic mass is 32.2. The second kappa shape index (κ2) is 4.30. The Morgan fingerprint density at radius 2 is 2.20 bits per heavy atom. The van der Waals surface area contributed by atoms with E-state index in [0.717, 1.165) is 11.1 Å². The van der Waals surface area contributed by atoms with E-state index in [1.807, 2.05) is 6.92 Å². The van der Waals surface area contributed by atoms with Crippen molar-refractivity contribution in [2.45, 2.75) is 11.9 Å². The largest absolute Gasteiger partial charge is 0.278 e. The van der Waals surface area contributed by atoms with E-state index in [1.54, 1.807) is 17.8 Å². The van der Waals surface area contributed by atoms with Gasteiger partial charge in [0.05, 0.1) is 23.8 Å². The Labute approximate surface area is 114 Å². The summed E-state index contributed by atoms with van der Waals surface area (Å²) in [5.41, 5.74) is 1.87. The van der Waals surface area contributed by atoms with Gasteiger partial charge >= 0.3 is 0 Å². The summed E-state index contributed by atoms with van der Waals surface area (Å²) in [6, 6.07) is 3.09. The number of nitrogens with one attached hydrogen (secondary N) is 2. The molecule has 9 heteroatoms. The second-order valence-corrected chi connectivity index (χ2v) is 5.98. The second-order valence-electron chi connectivity index (χ2n) is 4.33. The Balaban J connectivity index is 2.02. The van der Waals surface area contributed by atoms with Gasteiger partial charge in [0.1, 0.15) is 0 Å². The van der Waals surface area contributed by atoms with Crippen molar-refractivity contribution in [3.05, 3.63) is 30.2 Å². The number of hydrogen-bond donors (Lipinski definition) is 2. The molecule has 0 aliphatic rings. The maximum Gasteiger partial charge on any atom is 0.278 e. The first-order chi connectivity index (χ1) is 9.47. The maximum absolute atomic E-state index is 12.1. The van der Waals surface area contributed by atoms with Crippen molar-refractivity contribution in [2.75, 3.05) is 4.72 Å². The van der Waals surface area contributed by atoms with Crippen LogP contribution in [0.25, 0.3) is 11.0 Å². The summed E-state index contributed by atoms with van der Waals surface area (Å²) in [5, 5.41) is 11.1. The maximum atomic E-state index is 12.1. The number of nitrogens with zero attached hydrogens (tertiary/aromatic N) is 4. The van der Waals surface area contributed by atoms with Crippen molar-refractivity contribution in [1.82, 2.24) is 25.0 Å². The lowest BCUT2D eigenvalue weighted by atomic mass is 10.3. The molecule has 3 rings (SSSR count). The van der Waals surface area contributed by atoms with Gasteiger partial charge in [0.2, 0.25) is 0 Å². The predicted molar refractivity (Wildman–Crippen MR) is 72.6 cm³/mol. The van der Waals surface area contributed by atoms with Gasteiger partial charge in [0.15, 0.2) is 10.7 Å². The van der Waals surface area contributed by atoms with Gasteiger partial charge in [-0.25, -0.2) is 4.98 Å². The molecular formula is C11H12N6O2S. The molecule has 0 saturated carbocycles. The molecule has 3 aromatic rings. The van der Waals surface area contributed by atoms with Crippen LogP contribution < -0.4 is 4.72 Å². The topological polar surface area (TPSA) is 106 Å². The molecule has 2 N–H and O–H groups in total. The highest BCUT2D eigenvalue weighted by Crippen LogP contribution is 2.21.